The summed E-state index contributed by atoms with van der Waals surface area (Å²) < 4.78 is 45.3. The molecule has 1 saturated carbocycles. The Morgan fingerprint density at radius 1 is 1.25 bits per heavy atom. The zero-order chi connectivity index (χ0) is 23.5. The molecule has 2 aromatic heterocycles. The molecular formula is C23H27ClF3N3O2. The van der Waals surface area contributed by atoms with Gasteiger partial charge in [-0.2, -0.15) is 13.2 Å². The van der Waals surface area contributed by atoms with Gasteiger partial charge in [-0.15, -0.1) is 0 Å². The van der Waals surface area contributed by atoms with Crippen molar-refractivity contribution in [3.8, 4) is 5.75 Å². The van der Waals surface area contributed by atoms with Gasteiger partial charge in [0.1, 0.15) is 11.3 Å². The summed E-state index contributed by atoms with van der Waals surface area (Å²) in [5, 5.41) is 3.39. The second-order valence-electron chi connectivity index (χ2n) is 8.79. The number of rotatable bonds is 8. The van der Waals surface area contributed by atoms with Crippen LogP contribution in [0.15, 0.2) is 36.9 Å². The van der Waals surface area contributed by atoms with Gasteiger partial charge in [-0.05, 0) is 43.4 Å². The molecule has 32 heavy (non-hydrogen) atoms. The quantitative estimate of drug-likeness (QED) is 0.543. The first-order valence-corrected chi connectivity index (χ1v) is 11.0. The Bertz CT molecular complexity index is 948. The van der Waals surface area contributed by atoms with Crippen molar-refractivity contribution in [2.45, 2.75) is 57.7 Å². The minimum atomic E-state index is -4.64. The molecule has 1 N–H and O–H groups in total. The van der Waals surface area contributed by atoms with Crippen LogP contribution in [0.25, 0.3) is 0 Å². The molecule has 0 bridgehead atoms. The van der Waals surface area contributed by atoms with Gasteiger partial charge in [0, 0.05) is 37.3 Å². The zero-order valence-corrected chi connectivity index (χ0v) is 19.0. The Kier molecular flexibility index (Phi) is 7.32. The number of aromatic nitrogens is 2. The number of pyridine rings is 2. The summed E-state index contributed by atoms with van der Waals surface area (Å²) in [6.45, 7) is 5.33. The lowest BCUT2D eigenvalue weighted by molar-refractivity contribution is -0.143. The Labute approximate surface area is 190 Å². The van der Waals surface area contributed by atoms with Gasteiger partial charge in [0.05, 0.1) is 5.02 Å². The van der Waals surface area contributed by atoms with Crippen LogP contribution < -0.4 is 10.1 Å². The molecule has 1 fully saturated rings. The third-order valence-corrected chi connectivity index (χ3v) is 6.37. The van der Waals surface area contributed by atoms with Gasteiger partial charge in [-0.1, -0.05) is 37.8 Å². The van der Waals surface area contributed by atoms with Crippen LogP contribution >= 0.6 is 11.6 Å². The smallest absolute Gasteiger partial charge is 0.421 e. The lowest BCUT2D eigenvalue weighted by atomic mass is 9.70. The summed E-state index contributed by atoms with van der Waals surface area (Å²) in [6, 6.07) is 2.95. The van der Waals surface area contributed by atoms with Crippen LogP contribution in [0, 0.1) is 11.8 Å². The average Bonchev–Trinajstić information content (AvgIpc) is 2.66. The minimum absolute atomic E-state index is 0.0297. The Morgan fingerprint density at radius 3 is 2.56 bits per heavy atom. The van der Waals surface area contributed by atoms with Crippen LogP contribution in [0.5, 0.6) is 5.75 Å². The number of hydrogen-bond donors (Lipinski definition) is 1. The molecule has 1 aliphatic rings. The molecule has 2 aromatic rings. The third kappa shape index (κ3) is 5.71. The molecule has 2 unspecified atom stereocenters. The second kappa shape index (κ2) is 9.65. The van der Waals surface area contributed by atoms with E-state index >= 15 is 0 Å². The molecule has 1 amide bonds. The number of ether oxygens (including phenoxy) is 1. The molecule has 1 aliphatic carbocycles. The Hall–Kier alpha value is -2.35. The van der Waals surface area contributed by atoms with Gasteiger partial charge in [0.25, 0.3) is 5.91 Å². The van der Waals surface area contributed by atoms with E-state index in [1.165, 1.54) is 26.5 Å². The van der Waals surface area contributed by atoms with Gasteiger partial charge in [0.15, 0.2) is 5.60 Å². The molecule has 9 heteroatoms. The largest absolute Gasteiger partial charge is 0.477 e. The molecule has 2 heterocycles. The van der Waals surface area contributed by atoms with E-state index < -0.39 is 29.0 Å². The highest BCUT2D eigenvalue weighted by atomic mass is 35.5. The third-order valence-electron chi connectivity index (χ3n) is 6.16. The maximum absolute atomic E-state index is 13.3. The topological polar surface area (TPSA) is 64.1 Å². The van der Waals surface area contributed by atoms with Crippen molar-refractivity contribution in [2.24, 2.45) is 11.8 Å². The van der Waals surface area contributed by atoms with Gasteiger partial charge in [-0.25, -0.2) is 0 Å². The molecule has 5 nitrogen and oxygen atoms in total. The molecule has 0 radical (unpaired) electrons. The van der Waals surface area contributed by atoms with E-state index in [4.69, 9.17) is 16.3 Å². The molecule has 174 valence electrons. The van der Waals surface area contributed by atoms with Crippen LogP contribution in [0.1, 0.15) is 57.1 Å². The molecule has 2 atom stereocenters. The molecule has 0 saturated heterocycles. The van der Waals surface area contributed by atoms with E-state index in [2.05, 4.69) is 22.2 Å². The summed E-state index contributed by atoms with van der Waals surface area (Å²) in [5.74, 6) is -0.149. The number of carbonyl (C=O) groups excluding carboxylic acids is 1. The first-order valence-electron chi connectivity index (χ1n) is 10.6. The van der Waals surface area contributed by atoms with E-state index in [9.17, 15) is 18.0 Å². The summed E-state index contributed by atoms with van der Waals surface area (Å²) >= 11 is 6.13. The number of carbonyl (C=O) groups is 1. The Balaban J connectivity index is 1.74. The van der Waals surface area contributed by atoms with Crippen molar-refractivity contribution in [2.75, 3.05) is 6.54 Å². The first kappa shape index (κ1) is 24.3. The second-order valence-corrected chi connectivity index (χ2v) is 9.22. The van der Waals surface area contributed by atoms with Gasteiger partial charge in [0.2, 0.25) is 0 Å². The van der Waals surface area contributed by atoms with E-state index in [1.54, 1.807) is 12.4 Å². The van der Waals surface area contributed by atoms with Crippen molar-refractivity contribution < 1.29 is 22.7 Å². The van der Waals surface area contributed by atoms with Crippen LogP contribution in [0.2, 0.25) is 5.02 Å². The zero-order valence-electron chi connectivity index (χ0n) is 18.2. The highest BCUT2D eigenvalue weighted by Gasteiger charge is 2.39. The van der Waals surface area contributed by atoms with Crippen molar-refractivity contribution in [3.63, 3.8) is 0 Å². The van der Waals surface area contributed by atoms with E-state index in [0.717, 1.165) is 24.5 Å². The average molecular weight is 470 g/mol. The molecule has 0 aromatic carbocycles. The van der Waals surface area contributed by atoms with Crippen LogP contribution in [0.3, 0.4) is 0 Å². The highest BCUT2D eigenvalue weighted by Crippen LogP contribution is 2.41. The van der Waals surface area contributed by atoms with E-state index in [1.807, 2.05) is 6.07 Å². The number of alkyl halides is 3. The predicted molar refractivity (Wildman–Crippen MR) is 115 cm³/mol. The fraction of sp³-hybridized carbons (Fsp3) is 0.522. The van der Waals surface area contributed by atoms with E-state index in [-0.39, 0.29) is 11.8 Å². The summed E-state index contributed by atoms with van der Waals surface area (Å²) in [4.78, 5) is 20.6. The van der Waals surface area contributed by atoms with Crippen LogP contribution in [-0.2, 0) is 11.0 Å². The highest BCUT2D eigenvalue weighted by molar-refractivity contribution is 6.30. The van der Waals surface area contributed by atoms with Gasteiger partial charge < -0.3 is 10.1 Å². The fourth-order valence-electron chi connectivity index (χ4n) is 3.95. The number of nitrogens with one attached hydrogen (secondary N) is 1. The lowest BCUT2D eigenvalue weighted by Crippen LogP contribution is -2.48. The maximum Gasteiger partial charge on any atom is 0.421 e. The SMILES string of the molecule is CC(C1CCC1)C(CNC(=O)C(C)(C)Oc1ccncc1C(F)(F)F)c1cncc(Cl)c1. The minimum Gasteiger partial charge on any atom is -0.477 e. The monoisotopic (exact) mass is 469 g/mol. The number of nitrogens with zero attached hydrogens (tertiary/aromatic N) is 2. The number of hydrogen-bond acceptors (Lipinski definition) is 4. The molecular weight excluding hydrogens is 443 g/mol. The van der Waals surface area contributed by atoms with Crippen LogP contribution in [0.4, 0.5) is 13.2 Å². The Morgan fingerprint density at radius 2 is 1.97 bits per heavy atom. The first-order chi connectivity index (χ1) is 15.0. The summed E-state index contributed by atoms with van der Waals surface area (Å²) in [5.41, 5.74) is -1.63. The normalized spacial score (nSPS) is 16.7. The summed E-state index contributed by atoms with van der Waals surface area (Å²) in [7, 11) is 0. The fourth-order valence-corrected chi connectivity index (χ4v) is 4.14. The van der Waals surface area contributed by atoms with Gasteiger partial charge >= 0.3 is 6.18 Å². The lowest BCUT2D eigenvalue weighted by Gasteiger charge is -2.37. The predicted octanol–water partition coefficient (Wildman–Crippen LogP) is 5.64. The molecule has 0 spiro atoms. The number of amides is 1. The van der Waals surface area contributed by atoms with Gasteiger partial charge in [-0.3, -0.25) is 14.8 Å². The number of halogens is 4. The molecule has 0 aliphatic heterocycles. The molecule has 3 rings (SSSR count). The maximum atomic E-state index is 13.3. The van der Waals surface area contributed by atoms with Crippen molar-refractivity contribution in [1.29, 1.82) is 0 Å². The van der Waals surface area contributed by atoms with E-state index in [0.29, 0.717) is 23.7 Å². The summed E-state index contributed by atoms with van der Waals surface area (Å²) in [6.07, 6.45) is 4.00. The standard InChI is InChI=1S/C23H27ClF3N3O2/c1-14(15-5-4-6-15)18(16-9-17(24)11-29-10-16)12-30-21(31)22(2,3)32-20-7-8-28-13-19(20)23(25,26)27/h7-11,13-15,18H,4-6,12H2,1-3H3,(H,30,31). The van der Waals surface area contributed by atoms with Crippen molar-refractivity contribution in [1.82, 2.24) is 15.3 Å². The van der Waals surface area contributed by atoms with Crippen LogP contribution in [-0.4, -0.2) is 28.0 Å². The van der Waals surface area contributed by atoms with Crippen molar-refractivity contribution in [3.05, 3.63) is 53.1 Å². The van der Waals surface area contributed by atoms with Crippen molar-refractivity contribution >= 4 is 17.5 Å².